The highest BCUT2D eigenvalue weighted by Gasteiger charge is 2.04. The molecule has 0 unspecified atom stereocenters. The molecule has 0 bridgehead atoms. The topological polar surface area (TPSA) is 24.7 Å². The lowest BCUT2D eigenvalue weighted by molar-refractivity contribution is 0.580. The van der Waals surface area contributed by atoms with Crippen molar-refractivity contribution in [2.75, 3.05) is 0 Å². The van der Waals surface area contributed by atoms with Crippen molar-refractivity contribution in [2.45, 2.75) is 64.7 Å². The molecule has 3 heteroatoms. The molecule has 0 aromatic rings. The summed E-state index contributed by atoms with van der Waals surface area (Å²) in [5.41, 5.74) is 1.07. The van der Waals surface area contributed by atoms with Crippen molar-refractivity contribution in [3.63, 3.8) is 0 Å². The predicted octanol–water partition coefficient (Wildman–Crippen LogP) is 4.33. The minimum atomic E-state index is 0.495. The van der Waals surface area contributed by atoms with E-state index >= 15 is 0 Å². The average molecular weight is 238 g/mol. The Morgan fingerprint density at radius 2 is 1.62 bits per heavy atom. The summed E-state index contributed by atoms with van der Waals surface area (Å²) in [7, 11) is 0. The third kappa shape index (κ3) is 6.11. The quantitative estimate of drug-likeness (QED) is 0.433. The van der Waals surface area contributed by atoms with Gasteiger partial charge in [0.05, 0.1) is 11.9 Å². The third-order valence-corrected chi connectivity index (χ3v) is 3.05. The maximum Gasteiger partial charge on any atom is 0.219 e. The molecule has 0 aromatic carbocycles. The smallest absolute Gasteiger partial charge is 0.219 e. The Balaban J connectivity index is 1.87. The van der Waals surface area contributed by atoms with E-state index in [0.29, 0.717) is 5.11 Å². The number of unbranched alkanes of at least 4 members (excludes halogenated alkanes) is 7. The molecule has 0 N–H and O–H groups in total. The summed E-state index contributed by atoms with van der Waals surface area (Å²) in [5.74, 6) is 0. The third-order valence-electron chi connectivity index (χ3n) is 2.85. The van der Waals surface area contributed by atoms with Crippen molar-refractivity contribution in [2.24, 2.45) is 9.98 Å². The molecule has 1 heterocycles. The molecule has 0 saturated heterocycles. The van der Waals surface area contributed by atoms with Gasteiger partial charge in [0.25, 0.3) is 0 Å². The highest BCUT2D eigenvalue weighted by atomic mass is 32.1. The van der Waals surface area contributed by atoms with Crippen LogP contribution in [0.15, 0.2) is 9.98 Å². The van der Waals surface area contributed by atoms with Gasteiger partial charge in [0.2, 0.25) is 5.11 Å². The molecule has 0 amide bonds. The van der Waals surface area contributed by atoms with Crippen LogP contribution in [0.3, 0.4) is 0 Å². The molecule has 0 radical (unpaired) electrons. The Bertz CT molecular complexity index is 269. The highest BCUT2D eigenvalue weighted by molar-refractivity contribution is 7.80. The average Bonchev–Trinajstić information content (AvgIpc) is 2.68. The standard InChI is InChI=1S/C13H22N2S/c1-2-3-4-5-6-7-8-9-10-12-11-14-13(16)15-12/h11H,2-10H2,1H3. The Morgan fingerprint density at radius 1 is 1.00 bits per heavy atom. The van der Waals surface area contributed by atoms with Gasteiger partial charge in [-0.05, 0) is 25.1 Å². The molecule has 2 nitrogen and oxygen atoms in total. The molecule has 0 aliphatic carbocycles. The van der Waals surface area contributed by atoms with E-state index in [1.165, 1.54) is 51.4 Å². The van der Waals surface area contributed by atoms with Crippen molar-refractivity contribution >= 4 is 29.3 Å². The van der Waals surface area contributed by atoms with E-state index in [4.69, 9.17) is 12.2 Å². The maximum absolute atomic E-state index is 4.87. The van der Waals surface area contributed by atoms with Crippen LogP contribution in [0, 0.1) is 0 Å². The summed E-state index contributed by atoms with van der Waals surface area (Å²) in [6.45, 7) is 2.26. The van der Waals surface area contributed by atoms with E-state index in [1.54, 1.807) is 0 Å². The Morgan fingerprint density at radius 3 is 2.19 bits per heavy atom. The normalized spacial score (nSPS) is 14.6. The van der Waals surface area contributed by atoms with Gasteiger partial charge in [-0.3, -0.25) is 0 Å². The predicted molar refractivity (Wildman–Crippen MR) is 75.8 cm³/mol. The van der Waals surface area contributed by atoms with Crippen LogP contribution in [-0.4, -0.2) is 17.0 Å². The summed E-state index contributed by atoms with van der Waals surface area (Å²) in [6.07, 6.45) is 13.7. The number of hydrogen-bond donors (Lipinski definition) is 0. The summed E-state index contributed by atoms with van der Waals surface area (Å²) >= 11 is 4.87. The van der Waals surface area contributed by atoms with Crippen molar-refractivity contribution in [1.82, 2.24) is 0 Å². The fraction of sp³-hybridized carbons (Fsp3) is 0.769. The fourth-order valence-corrected chi connectivity index (χ4v) is 2.04. The van der Waals surface area contributed by atoms with Gasteiger partial charge in [0, 0.05) is 0 Å². The zero-order chi connectivity index (χ0) is 11.6. The van der Waals surface area contributed by atoms with Crippen LogP contribution in [0.5, 0.6) is 0 Å². The molecular formula is C13H22N2S. The zero-order valence-corrected chi connectivity index (χ0v) is 11.1. The summed E-state index contributed by atoms with van der Waals surface area (Å²) in [4.78, 5) is 8.14. The lowest BCUT2D eigenvalue weighted by atomic mass is 10.1. The fourth-order valence-electron chi connectivity index (χ4n) is 1.87. The van der Waals surface area contributed by atoms with Crippen LogP contribution < -0.4 is 0 Å². The molecule has 1 rings (SSSR count). The van der Waals surface area contributed by atoms with E-state index < -0.39 is 0 Å². The first-order valence-electron chi connectivity index (χ1n) is 6.48. The molecule has 0 spiro atoms. The lowest BCUT2D eigenvalue weighted by Gasteiger charge is -2.00. The molecule has 0 atom stereocenters. The van der Waals surface area contributed by atoms with Crippen molar-refractivity contribution in [3.8, 4) is 0 Å². The molecule has 0 fully saturated rings. The molecule has 90 valence electrons. The van der Waals surface area contributed by atoms with Gasteiger partial charge < -0.3 is 0 Å². The number of thiocarbonyl (C=S) groups is 1. The number of aliphatic imine (C=N–C) groups is 2. The zero-order valence-electron chi connectivity index (χ0n) is 10.2. The summed E-state index contributed by atoms with van der Waals surface area (Å²) in [6, 6.07) is 0. The van der Waals surface area contributed by atoms with E-state index in [1.807, 2.05) is 6.21 Å². The van der Waals surface area contributed by atoms with Crippen molar-refractivity contribution < 1.29 is 0 Å². The van der Waals surface area contributed by atoms with E-state index in [2.05, 4.69) is 16.9 Å². The monoisotopic (exact) mass is 238 g/mol. The lowest BCUT2D eigenvalue weighted by Crippen LogP contribution is -1.95. The van der Waals surface area contributed by atoms with Crippen molar-refractivity contribution in [1.29, 1.82) is 0 Å². The van der Waals surface area contributed by atoms with E-state index in [0.717, 1.165) is 12.1 Å². The number of rotatable bonds is 9. The van der Waals surface area contributed by atoms with Gasteiger partial charge in [0.15, 0.2) is 0 Å². The largest absolute Gasteiger partial charge is 0.225 e. The molecule has 1 aliphatic rings. The van der Waals surface area contributed by atoms with Crippen LogP contribution in [-0.2, 0) is 0 Å². The molecule has 1 aliphatic heterocycles. The highest BCUT2D eigenvalue weighted by Crippen LogP contribution is 2.10. The minimum Gasteiger partial charge on any atom is -0.225 e. The van der Waals surface area contributed by atoms with Gasteiger partial charge >= 0.3 is 0 Å². The summed E-state index contributed by atoms with van der Waals surface area (Å²) < 4.78 is 0. The Labute approximate surface area is 104 Å². The van der Waals surface area contributed by atoms with E-state index in [-0.39, 0.29) is 0 Å². The van der Waals surface area contributed by atoms with Gasteiger partial charge in [-0.2, -0.15) is 0 Å². The van der Waals surface area contributed by atoms with Crippen LogP contribution in [0.1, 0.15) is 64.7 Å². The number of nitrogens with zero attached hydrogens (tertiary/aromatic N) is 2. The number of hydrogen-bond acceptors (Lipinski definition) is 1. The second kappa shape index (κ2) is 8.57. The maximum atomic E-state index is 4.87. The first-order valence-corrected chi connectivity index (χ1v) is 6.89. The molecular weight excluding hydrogens is 216 g/mol. The SMILES string of the molecule is CCCCCCCCCCC1=NC(=S)N=C1. The van der Waals surface area contributed by atoms with Gasteiger partial charge in [-0.15, -0.1) is 0 Å². The Kier molecular flexibility index (Phi) is 7.23. The molecule has 0 saturated carbocycles. The van der Waals surface area contributed by atoms with Crippen LogP contribution >= 0.6 is 12.2 Å². The van der Waals surface area contributed by atoms with Gasteiger partial charge in [0.1, 0.15) is 0 Å². The van der Waals surface area contributed by atoms with Crippen LogP contribution in [0.4, 0.5) is 0 Å². The molecule has 16 heavy (non-hydrogen) atoms. The van der Waals surface area contributed by atoms with Crippen molar-refractivity contribution in [3.05, 3.63) is 0 Å². The van der Waals surface area contributed by atoms with Crippen LogP contribution in [0.2, 0.25) is 0 Å². The van der Waals surface area contributed by atoms with Gasteiger partial charge in [-0.25, -0.2) is 9.98 Å². The molecule has 0 aromatic heterocycles. The summed E-state index contributed by atoms with van der Waals surface area (Å²) in [5, 5.41) is 0.495. The second-order valence-corrected chi connectivity index (χ2v) is 4.73. The minimum absolute atomic E-state index is 0.495. The van der Waals surface area contributed by atoms with Crippen LogP contribution in [0.25, 0.3) is 0 Å². The first kappa shape index (κ1) is 13.5. The van der Waals surface area contributed by atoms with Gasteiger partial charge in [-0.1, -0.05) is 51.9 Å². The van der Waals surface area contributed by atoms with E-state index in [9.17, 15) is 0 Å². The Hall–Kier alpha value is -0.570. The first-order chi connectivity index (χ1) is 7.83. The second-order valence-electron chi connectivity index (χ2n) is 4.37.